The van der Waals surface area contributed by atoms with E-state index in [-0.39, 0.29) is 46.5 Å². The molecule has 1 N–H and O–H groups in total. The van der Waals surface area contributed by atoms with Gasteiger partial charge < -0.3 is 19.3 Å². The second-order valence-electron chi connectivity index (χ2n) is 15.9. The van der Waals surface area contributed by atoms with Gasteiger partial charge in [0.25, 0.3) is 15.9 Å². The monoisotopic (exact) mass is 757 g/mol. The number of halogens is 3. The molecule has 2 aromatic carbocycles. The molecule has 6 rings (SSSR count). The van der Waals surface area contributed by atoms with Crippen LogP contribution in [0.15, 0.2) is 53.4 Å². The Bertz CT molecular complexity index is 1900. The van der Waals surface area contributed by atoms with E-state index in [0.717, 1.165) is 63.0 Å². The van der Waals surface area contributed by atoms with Crippen LogP contribution in [0.25, 0.3) is 11.3 Å². The van der Waals surface area contributed by atoms with Gasteiger partial charge in [0.1, 0.15) is 6.61 Å². The second kappa shape index (κ2) is 14.8. The number of benzene rings is 2. The molecule has 1 spiro atoms. The summed E-state index contributed by atoms with van der Waals surface area (Å²) in [5, 5.41) is 0. The van der Waals surface area contributed by atoms with E-state index in [2.05, 4.69) is 19.6 Å². The quantitative estimate of drug-likeness (QED) is 0.253. The molecule has 3 aromatic rings. The molecule has 0 unspecified atom stereocenters. The Morgan fingerprint density at radius 1 is 1.02 bits per heavy atom. The highest BCUT2D eigenvalue weighted by atomic mass is 32.2. The topological polar surface area (TPSA) is 114 Å². The molecule has 1 aliphatic carbocycles. The first-order valence-electron chi connectivity index (χ1n) is 18.3. The Morgan fingerprint density at radius 2 is 1.68 bits per heavy atom. The van der Waals surface area contributed by atoms with E-state index in [4.69, 9.17) is 9.47 Å². The van der Waals surface area contributed by atoms with Crippen molar-refractivity contribution in [2.75, 3.05) is 37.6 Å². The summed E-state index contributed by atoms with van der Waals surface area (Å²) in [7, 11) is -4.30. The van der Waals surface area contributed by atoms with E-state index in [9.17, 15) is 26.4 Å². The zero-order chi connectivity index (χ0) is 38.3. The van der Waals surface area contributed by atoms with Gasteiger partial charge in [-0.2, -0.15) is 18.2 Å². The fourth-order valence-corrected chi connectivity index (χ4v) is 8.97. The minimum absolute atomic E-state index is 0.0255. The van der Waals surface area contributed by atoms with Crippen LogP contribution in [-0.4, -0.2) is 91.3 Å². The van der Waals surface area contributed by atoms with Crippen LogP contribution in [-0.2, 0) is 14.8 Å². The number of carbonyl (C=O) groups is 1. The van der Waals surface area contributed by atoms with E-state index in [0.29, 0.717) is 25.1 Å². The fourth-order valence-electron chi connectivity index (χ4n) is 7.98. The van der Waals surface area contributed by atoms with Crippen molar-refractivity contribution in [2.24, 2.45) is 10.8 Å². The van der Waals surface area contributed by atoms with Gasteiger partial charge in [-0.15, -0.1) is 0 Å². The summed E-state index contributed by atoms with van der Waals surface area (Å²) in [5.74, 6) is -0.823. The molecule has 1 atom stereocenters. The molecular formula is C39H50F3N5O5S. The van der Waals surface area contributed by atoms with Crippen molar-refractivity contribution < 1.29 is 35.9 Å². The number of likely N-dealkylation sites (tertiary alicyclic amines) is 1. The van der Waals surface area contributed by atoms with Gasteiger partial charge in [0, 0.05) is 29.8 Å². The smallest absolute Gasteiger partial charge is 0.394 e. The lowest BCUT2D eigenvalue weighted by atomic mass is 9.59. The molecule has 1 saturated heterocycles. The lowest BCUT2D eigenvalue weighted by Gasteiger charge is -2.57. The van der Waals surface area contributed by atoms with Gasteiger partial charge in [0.2, 0.25) is 11.8 Å². The van der Waals surface area contributed by atoms with Crippen molar-refractivity contribution in [1.82, 2.24) is 19.8 Å². The van der Waals surface area contributed by atoms with Gasteiger partial charge in [-0.25, -0.2) is 18.1 Å². The molecule has 288 valence electrons. The number of nitrogens with zero attached hydrogens (tertiary/aromatic N) is 4. The average Bonchev–Trinajstić information content (AvgIpc) is 3.06. The molecular weight excluding hydrogens is 708 g/mol. The summed E-state index contributed by atoms with van der Waals surface area (Å²) < 4.78 is 85.6. The molecule has 2 fully saturated rings. The van der Waals surface area contributed by atoms with Crippen molar-refractivity contribution in [3.63, 3.8) is 0 Å². The summed E-state index contributed by atoms with van der Waals surface area (Å²) in [6.07, 6.45) is -1.76. The SMILES string of the molecule is Cc1cccc(C)c1-c1cc2nc(n1)NS(=O)(=O)c1cccc(c1)C(=O)N(C1CC3(CCN(CCOC(C)C)CC3)C1)[C@H](CC(C)(C)C(F)(F)F)CO2. The molecule has 2 aliphatic heterocycles. The molecule has 3 aliphatic rings. The van der Waals surface area contributed by atoms with Crippen LogP contribution in [0.4, 0.5) is 19.1 Å². The van der Waals surface area contributed by atoms with E-state index < -0.39 is 40.0 Å². The molecule has 1 amide bonds. The number of piperidine rings is 1. The van der Waals surface area contributed by atoms with Crippen molar-refractivity contribution in [2.45, 2.75) is 103 Å². The third-order valence-electron chi connectivity index (χ3n) is 11.1. The predicted octanol–water partition coefficient (Wildman–Crippen LogP) is 7.41. The molecule has 4 bridgehead atoms. The number of aromatic nitrogens is 2. The largest absolute Gasteiger partial charge is 0.475 e. The normalized spacial score (nSPS) is 20.9. The number of ether oxygens (including phenoxy) is 2. The van der Waals surface area contributed by atoms with Gasteiger partial charge >= 0.3 is 6.18 Å². The molecule has 1 aromatic heterocycles. The molecule has 0 radical (unpaired) electrons. The average molecular weight is 758 g/mol. The highest BCUT2D eigenvalue weighted by molar-refractivity contribution is 7.92. The van der Waals surface area contributed by atoms with Crippen molar-refractivity contribution in [3.05, 3.63) is 65.2 Å². The third kappa shape index (κ3) is 8.49. The van der Waals surface area contributed by atoms with Gasteiger partial charge in [0.05, 0.1) is 34.8 Å². The highest BCUT2D eigenvalue weighted by Crippen LogP contribution is 2.52. The van der Waals surface area contributed by atoms with Gasteiger partial charge in [0.15, 0.2) is 0 Å². The molecule has 3 heterocycles. The number of anilines is 1. The lowest BCUT2D eigenvalue weighted by Crippen LogP contribution is -2.60. The predicted molar refractivity (Wildman–Crippen MR) is 196 cm³/mol. The minimum Gasteiger partial charge on any atom is -0.475 e. The summed E-state index contributed by atoms with van der Waals surface area (Å²) >= 11 is 0. The zero-order valence-electron chi connectivity index (χ0n) is 31.3. The number of rotatable bonds is 8. The highest BCUT2D eigenvalue weighted by Gasteiger charge is 2.54. The van der Waals surface area contributed by atoms with Crippen LogP contribution in [0.3, 0.4) is 0 Å². The summed E-state index contributed by atoms with van der Waals surface area (Å²) in [5.41, 5.74) is 0.737. The summed E-state index contributed by atoms with van der Waals surface area (Å²) in [6, 6.07) is 11.5. The maximum absolute atomic E-state index is 14.6. The lowest BCUT2D eigenvalue weighted by molar-refractivity contribution is -0.219. The standard InChI is InChI=1S/C39H50F3N5O5S/c1-25(2)51-18-17-46-15-13-38(14-16-46)22-29(23-38)47-30(21-37(5,6)39(40,41)42)24-52-33-20-32(34-26(3)9-7-10-27(34)4)43-36(44-33)45-53(49,50)31-12-8-11-28(19-31)35(47)48/h7-12,19-20,25,29-30H,13-18,21-24H2,1-6H3,(H,43,44,45)/t30-/m1/s1. The Hall–Kier alpha value is -3.75. The third-order valence-corrected chi connectivity index (χ3v) is 12.5. The zero-order valence-corrected chi connectivity index (χ0v) is 32.1. The van der Waals surface area contributed by atoms with Crippen LogP contribution >= 0.6 is 0 Å². The van der Waals surface area contributed by atoms with Crippen LogP contribution in [0.5, 0.6) is 5.88 Å². The first kappa shape index (κ1) is 39.0. The number of carbonyl (C=O) groups excluding carboxylic acids is 1. The maximum atomic E-state index is 14.6. The van der Waals surface area contributed by atoms with Crippen LogP contribution < -0.4 is 9.46 Å². The number of aryl methyl sites for hydroxylation is 2. The number of alkyl halides is 3. The molecule has 10 nitrogen and oxygen atoms in total. The molecule has 53 heavy (non-hydrogen) atoms. The Kier molecular flexibility index (Phi) is 10.9. The van der Waals surface area contributed by atoms with Crippen molar-refractivity contribution >= 4 is 21.9 Å². The van der Waals surface area contributed by atoms with Crippen LogP contribution in [0.2, 0.25) is 0 Å². The second-order valence-corrected chi connectivity index (χ2v) is 17.6. The summed E-state index contributed by atoms with van der Waals surface area (Å²) in [6.45, 7) is 13.0. The fraction of sp³-hybridized carbons (Fsp3) is 0.564. The Morgan fingerprint density at radius 3 is 2.32 bits per heavy atom. The summed E-state index contributed by atoms with van der Waals surface area (Å²) in [4.78, 5) is 27.2. The number of hydrogen-bond donors (Lipinski definition) is 1. The van der Waals surface area contributed by atoms with E-state index in [1.54, 1.807) is 11.0 Å². The van der Waals surface area contributed by atoms with Crippen LogP contribution in [0.1, 0.15) is 81.3 Å². The van der Waals surface area contributed by atoms with Crippen molar-refractivity contribution in [3.8, 4) is 17.1 Å². The first-order chi connectivity index (χ1) is 24.9. The Balaban J connectivity index is 1.38. The van der Waals surface area contributed by atoms with Gasteiger partial charge in [-0.3, -0.25) is 4.79 Å². The van der Waals surface area contributed by atoms with E-state index in [1.165, 1.54) is 24.3 Å². The van der Waals surface area contributed by atoms with Crippen LogP contribution in [0, 0.1) is 24.7 Å². The van der Waals surface area contributed by atoms with E-state index >= 15 is 0 Å². The maximum Gasteiger partial charge on any atom is 0.394 e. The number of hydrogen-bond acceptors (Lipinski definition) is 8. The number of sulfonamides is 1. The number of fused-ring (bicyclic) bond motifs is 4. The Labute approximate surface area is 310 Å². The van der Waals surface area contributed by atoms with Gasteiger partial charge in [-0.05, 0) is 108 Å². The number of amides is 1. The van der Waals surface area contributed by atoms with Gasteiger partial charge in [-0.1, -0.05) is 38.1 Å². The molecule has 1 saturated carbocycles. The minimum atomic E-state index is -4.56. The molecule has 14 heteroatoms. The van der Waals surface area contributed by atoms with Crippen molar-refractivity contribution in [1.29, 1.82) is 0 Å². The first-order valence-corrected chi connectivity index (χ1v) is 19.8. The number of nitrogens with one attached hydrogen (secondary N) is 1. The van der Waals surface area contributed by atoms with E-state index in [1.807, 2.05) is 45.9 Å².